The highest BCUT2D eigenvalue weighted by molar-refractivity contribution is 6.10. The second-order valence-electron chi connectivity index (χ2n) is 9.01. The zero-order valence-electron chi connectivity index (χ0n) is 20.3. The van der Waals surface area contributed by atoms with E-state index in [4.69, 9.17) is 15.7 Å². The summed E-state index contributed by atoms with van der Waals surface area (Å²) >= 11 is 0. The lowest BCUT2D eigenvalue weighted by molar-refractivity contribution is 0.0940. The van der Waals surface area contributed by atoms with Crippen molar-refractivity contribution in [2.24, 2.45) is 5.10 Å². The number of nitrogen functional groups attached to an aromatic ring is 1. The van der Waals surface area contributed by atoms with Gasteiger partial charge in [-0.05, 0) is 49.9 Å². The third kappa shape index (κ3) is 4.81. The molecule has 2 aromatic heterocycles. The number of nitrogens with one attached hydrogen (secondary N) is 1. The Morgan fingerprint density at radius 1 is 1.00 bits per heavy atom. The largest absolute Gasteiger partial charge is 0.383 e. The Morgan fingerprint density at radius 3 is 2.39 bits per heavy atom. The van der Waals surface area contributed by atoms with Crippen molar-refractivity contribution < 1.29 is 4.79 Å². The maximum Gasteiger partial charge on any atom is 0.257 e. The van der Waals surface area contributed by atoms with Crippen molar-refractivity contribution in [2.75, 3.05) is 5.73 Å². The van der Waals surface area contributed by atoms with Gasteiger partial charge in [0.1, 0.15) is 16.9 Å². The molecule has 3 N–H and O–H groups in total. The number of anilines is 1. The van der Waals surface area contributed by atoms with E-state index < -0.39 is 0 Å². The van der Waals surface area contributed by atoms with Crippen LogP contribution in [0.2, 0.25) is 0 Å². The lowest BCUT2D eigenvalue weighted by Crippen LogP contribution is -2.33. The average Bonchev–Trinajstić information content (AvgIpc) is 3.16. The van der Waals surface area contributed by atoms with Crippen molar-refractivity contribution in [1.82, 2.24) is 20.0 Å². The molecule has 0 saturated carbocycles. The molecule has 0 radical (unpaired) electrons. The van der Waals surface area contributed by atoms with E-state index >= 15 is 0 Å². The van der Waals surface area contributed by atoms with Crippen molar-refractivity contribution in [1.29, 1.82) is 0 Å². The third-order valence-corrected chi connectivity index (χ3v) is 6.19. The molecule has 0 spiro atoms. The number of carbonyl (C=O) groups excluding carboxylic acids is 1. The first kappa shape index (κ1) is 23.2. The van der Waals surface area contributed by atoms with E-state index in [0.717, 1.165) is 24.0 Å². The fourth-order valence-electron chi connectivity index (χ4n) is 4.16. The number of fused-ring (bicyclic) bond motifs is 2. The normalized spacial score (nSPS) is 12.4. The van der Waals surface area contributed by atoms with Crippen molar-refractivity contribution >= 4 is 40.1 Å². The Kier molecular flexibility index (Phi) is 6.45. The van der Waals surface area contributed by atoms with Gasteiger partial charge < -0.3 is 11.1 Å². The molecular weight excluding hydrogens is 448 g/mol. The second-order valence-corrected chi connectivity index (χ2v) is 9.01. The molecule has 2 heterocycles. The number of hydrogen-bond donors (Lipinski definition) is 2. The van der Waals surface area contributed by atoms with Gasteiger partial charge in [-0.3, -0.25) is 4.79 Å². The lowest BCUT2D eigenvalue weighted by Gasteiger charge is -2.14. The summed E-state index contributed by atoms with van der Waals surface area (Å²) in [5.41, 5.74) is 12.4. The SMILES string of the molecule is Cc1ccc(C=Nn2c(N)c(C(=O)NC(C)CCc3ccccc3)c3nc4ccccc4nc32)cc1. The predicted molar refractivity (Wildman–Crippen MR) is 145 cm³/mol. The molecule has 0 aliphatic carbocycles. The highest BCUT2D eigenvalue weighted by atomic mass is 16.1. The number of rotatable bonds is 7. The van der Waals surface area contributed by atoms with Gasteiger partial charge in [-0.15, -0.1) is 0 Å². The average molecular weight is 477 g/mol. The Hall–Kier alpha value is -4.52. The van der Waals surface area contributed by atoms with E-state index in [9.17, 15) is 4.79 Å². The molecule has 1 atom stereocenters. The van der Waals surface area contributed by atoms with Crippen LogP contribution in [0, 0.1) is 6.92 Å². The fourth-order valence-corrected chi connectivity index (χ4v) is 4.16. The predicted octanol–water partition coefficient (Wildman–Crippen LogP) is 5.11. The van der Waals surface area contributed by atoms with Crippen LogP contribution in [0.15, 0.2) is 84.0 Å². The molecule has 0 fully saturated rings. The van der Waals surface area contributed by atoms with Crippen LogP contribution in [0.25, 0.3) is 22.2 Å². The number of benzene rings is 3. The zero-order valence-corrected chi connectivity index (χ0v) is 20.3. The summed E-state index contributed by atoms with van der Waals surface area (Å²) in [5, 5.41) is 7.67. The molecule has 0 aliphatic heterocycles. The highest BCUT2D eigenvalue weighted by Crippen LogP contribution is 2.28. The molecule has 36 heavy (non-hydrogen) atoms. The molecule has 7 heteroatoms. The minimum absolute atomic E-state index is 0.0556. The van der Waals surface area contributed by atoms with Crippen LogP contribution in [0.3, 0.4) is 0 Å². The summed E-state index contributed by atoms with van der Waals surface area (Å²) in [7, 11) is 0. The molecule has 180 valence electrons. The van der Waals surface area contributed by atoms with E-state index in [-0.39, 0.29) is 23.3 Å². The first-order chi connectivity index (χ1) is 17.5. The van der Waals surface area contributed by atoms with Crippen molar-refractivity contribution in [3.05, 3.63) is 101 Å². The van der Waals surface area contributed by atoms with Gasteiger partial charge in [0.25, 0.3) is 5.91 Å². The molecule has 3 aromatic carbocycles. The highest BCUT2D eigenvalue weighted by Gasteiger charge is 2.25. The summed E-state index contributed by atoms with van der Waals surface area (Å²) in [6.45, 7) is 4.03. The standard InChI is InChI=1S/C29H28N6O/c1-19-12-15-22(16-13-19)18-31-35-27(30)25(26-28(35)34-24-11-7-6-10-23(24)33-26)29(36)32-20(2)14-17-21-8-4-3-5-9-21/h3-13,15-16,18,20H,14,17,30H2,1-2H3,(H,32,36). The van der Waals surface area contributed by atoms with Crippen LogP contribution < -0.4 is 11.1 Å². The smallest absolute Gasteiger partial charge is 0.257 e. The fraction of sp³-hybridized carbons (Fsp3) is 0.172. The first-order valence-electron chi connectivity index (χ1n) is 12.0. The molecule has 0 aliphatic rings. The quantitative estimate of drug-likeness (QED) is 0.319. The number of amides is 1. The number of aryl methyl sites for hydroxylation is 2. The summed E-state index contributed by atoms with van der Waals surface area (Å²) in [4.78, 5) is 22.9. The van der Waals surface area contributed by atoms with E-state index in [2.05, 4.69) is 22.6 Å². The van der Waals surface area contributed by atoms with E-state index in [0.29, 0.717) is 22.2 Å². The molecule has 5 aromatic rings. The Balaban J connectivity index is 1.49. The van der Waals surface area contributed by atoms with Crippen LogP contribution in [0.4, 0.5) is 5.82 Å². The number of hydrogen-bond acceptors (Lipinski definition) is 5. The van der Waals surface area contributed by atoms with Crippen LogP contribution in [-0.2, 0) is 6.42 Å². The summed E-state index contributed by atoms with van der Waals surface area (Å²) in [6.07, 6.45) is 3.37. The Morgan fingerprint density at radius 2 is 1.67 bits per heavy atom. The maximum atomic E-state index is 13.4. The van der Waals surface area contributed by atoms with Gasteiger partial charge in [-0.25, -0.2) is 9.97 Å². The molecule has 5 rings (SSSR count). The molecule has 1 amide bonds. The minimum atomic E-state index is -0.285. The molecule has 0 bridgehead atoms. The van der Waals surface area contributed by atoms with Gasteiger partial charge in [0, 0.05) is 6.04 Å². The number of carbonyl (C=O) groups is 1. The van der Waals surface area contributed by atoms with E-state index in [1.165, 1.54) is 10.2 Å². The molecule has 1 unspecified atom stereocenters. The Bertz CT molecular complexity index is 1550. The number of nitrogens with zero attached hydrogens (tertiary/aromatic N) is 4. The van der Waals surface area contributed by atoms with Gasteiger partial charge in [-0.2, -0.15) is 9.78 Å². The van der Waals surface area contributed by atoms with Gasteiger partial charge in [0.05, 0.1) is 17.2 Å². The van der Waals surface area contributed by atoms with Crippen LogP contribution in [0.1, 0.15) is 40.4 Å². The van der Waals surface area contributed by atoms with E-state index in [1.54, 1.807) is 6.21 Å². The van der Waals surface area contributed by atoms with Gasteiger partial charge in [0.15, 0.2) is 5.65 Å². The summed E-state index contributed by atoms with van der Waals surface area (Å²) in [6, 6.07) is 25.7. The van der Waals surface area contributed by atoms with Crippen LogP contribution in [-0.4, -0.2) is 32.8 Å². The molecule has 0 saturated heterocycles. The lowest BCUT2D eigenvalue weighted by atomic mass is 10.1. The zero-order chi connectivity index (χ0) is 25.1. The van der Waals surface area contributed by atoms with Gasteiger partial charge in [-0.1, -0.05) is 72.3 Å². The number of nitrogens with two attached hydrogens (primary N) is 1. The van der Waals surface area contributed by atoms with Crippen LogP contribution in [0.5, 0.6) is 0 Å². The summed E-state index contributed by atoms with van der Waals surface area (Å²) in [5.74, 6) is -0.0802. The molecular formula is C29H28N6O. The maximum absolute atomic E-state index is 13.4. The van der Waals surface area contributed by atoms with Gasteiger partial charge in [0.2, 0.25) is 0 Å². The number of para-hydroxylation sites is 2. The third-order valence-electron chi connectivity index (χ3n) is 6.19. The second kappa shape index (κ2) is 10.00. The topological polar surface area (TPSA) is 98.2 Å². The van der Waals surface area contributed by atoms with Crippen molar-refractivity contribution in [2.45, 2.75) is 32.7 Å². The first-order valence-corrected chi connectivity index (χ1v) is 12.0. The van der Waals surface area contributed by atoms with Crippen molar-refractivity contribution in [3.8, 4) is 0 Å². The van der Waals surface area contributed by atoms with Gasteiger partial charge >= 0.3 is 0 Å². The van der Waals surface area contributed by atoms with Crippen molar-refractivity contribution in [3.63, 3.8) is 0 Å². The van der Waals surface area contributed by atoms with Crippen LogP contribution >= 0.6 is 0 Å². The summed E-state index contributed by atoms with van der Waals surface area (Å²) < 4.78 is 1.50. The van der Waals surface area contributed by atoms with E-state index in [1.807, 2.05) is 80.6 Å². The molecule has 7 nitrogen and oxygen atoms in total. The number of aromatic nitrogens is 3. The minimum Gasteiger partial charge on any atom is -0.383 e. The Labute approximate surface area is 209 Å². The monoisotopic (exact) mass is 476 g/mol.